The van der Waals surface area contributed by atoms with Crippen LogP contribution in [0.3, 0.4) is 0 Å². The lowest BCUT2D eigenvalue weighted by molar-refractivity contribution is 0.0514. The summed E-state index contributed by atoms with van der Waals surface area (Å²) in [5.74, 6) is 1.41. The average molecular weight is 357 g/mol. The van der Waals surface area contributed by atoms with Crippen LogP contribution in [0.1, 0.15) is 29.1 Å². The second kappa shape index (κ2) is 6.60. The SMILES string of the molecule is CNC(=O)N1CCC2(COCc3c(C)nc(NCc4ccco4)nc32)C1. The molecule has 4 heterocycles. The zero-order valence-electron chi connectivity index (χ0n) is 15.0. The summed E-state index contributed by atoms with van der Waals surface area (Å²) in [6, 6.07) is 3.70. The Hall–Kier alpha value is -2.61. The first-order valence-electron chi connectivity index (χ1n) is 8.80. The summed E-state index contributed by atoms with van der Waals surface area (Å²) in [5, 5.41) is 5.94. The number of anilines is 1. The average Bonchev–Trinajstić information content (AvgIpc) is 3.31. The van der Waals surface area contributed by atoms with Gasteiger partial charge < -0.3 is 24.7 Å². The molecule has 2 aliphatic rings. The van der Waals surface area contributed by atoms with Crippen molar-refractivity contribution in [2.75, 3.05) is 32.1 Å². The highest BCUT2D eigenvalue weighted by Gasteiger charge is 2.46. The van der Waals surface area contributed by atoms with E-state index in [2.05, 4.69) is 15.6 Å². The van der Waals surface area contributed by atoms with Crippen molar-refractivity contribution >= 4 is 12.0 Å². The molecule has 26 heavy (non-hydrogen) atoms. The van der Waals surface area contributed by atoms with Crippen molar-refractivity contribution in [3.63, 3.8) is 0 Å². The molecule has 2 amide bonds. The molecule has 0 radical (unpaired) electrons. The maximum Gasteiger partial charge on any atom is 0.317 e. The van der Waals surface area contributed by atoms with Gasteiger partial charge in [0.15, 0.2) is 0 Å². The Morgan fingerprint density at radius 3 is 3.08 bits per heavy atom. The van der Waals surface area contributed by atoms with Crippen molar-refractivity contribution in [3.05, 3.63) is 41.1 Å². The highest BCUT2D eigenvalue weighted by Crippen LogP contribution is 2.40. The number of carbonyl (C=O) groups is 1. The van der Waals surface area contributed by atoms with E-state index >= 15 is 0 Å². The molecular formula is C18H23N5O3. The van der Waals surface area contributed by atoms with E-state index in [1.165, 1.54) is 0 Å². The highest BCUT2D eigenvalue weighted by atomic mass is 16.5. The molecular weight excluding hydrogens is 334 g/mol. The number of fused-ring (bicyclic) bond motifs is 2. The fraction of sp³-hybridized carbons (Fsp3) is 0.500. The molecule has 1 atom stereocenters. The van der Waals surface area contributed by atoms with Gasteiger partial charge >= 0.3 is 6.03 Å². The highest BCUT2D eigenvalue weighted by molar-refractivity contribution is 5.74. The Morgan fingerprint density at radius 1 is 1.42 bits per heavy atom. The molecule has 2 N–H and O–H groups in total. The zero-order valence-corrected chi connectivity index (χ0v) is 15.0. The van der Waals surface area contributed by atoms with Crippen LogP contribution in [0.15, 0.2) is 22.8 Å². The number of likely N-dealkylation sites (tertiary alicyclic amines) is 1. The Kier molecular flexibility index (Phi) is 4.28. The van der Waals surface area contributed by atoms with Gasteiger partial charge in [-0.3, -0.25) is 0 Å². The number of nitrogens with zero attached hydrogens (tertiary/aromatic N) is 3. The first kappa shape index (κ1) is 16.8. The summed E-state index contributed by atoms with van der Waals surface area (Å²) in [7, 11) is 1.65. The van der Waals surface area contributed by atoms with Gasteiger partial charge in [0.05, 0.1) is 37.1 Å². The third kappa shape index (κ3) is 2.90. The predicted octanol–water partition coefficient (Wildman–Crippen LogP) is 1.80. The number of furan rings is 1. The van der Waals surface area contributed by atoms with Crippen molar-refractivity contribution in [3.8, 4) is 0 Å². The first-order valence-corrected chi connectivity index (χ1v) is 8.80. The molecule has 1 fully saturated rings. The number of hydrogen-bond acceptors (Lipinski definition) is 6. The van der Waals surface area contributed by atoms with Gasteiger partial charge in [0, 0.05) is 31.4 Å². The van der Waals surface area contributed by atoms with Gasteiger partial charge in [0.2, 0.25) is 5.95 Å². The van der Waals surface area contributed by atoms with Crippen LogP contribution in [0.5, 0.6) is 0 Å². The molecule has 1 spiro atoms. The predicted molar refractivity (Wildman–Crippen MR) is 94.8 cm³/mol. The van der Waals surface area contributed by atoms with Crippen LogP contribution in [0.2, 0.25) is 0 Å². The van der Waals surface area contributed by atoms with Gasteiger partial charge in [-0.25, -0.2) is 14.8 Å². The van der Waals surface area contributed by atoms with Crippen LogP contribution in [-0.2, 0) is 23.3 Å². The van der Waals surface area contributed by atoms with E-state index in [0.717, 1.165) is 29.1 Å². The molecule has 2 aromatic rings. The number of hydrogen-bond donors (Lipinski definition) is 2. The summed E-state index contributed by atoms with van der Waals surface area (Å²) in [6.45, 7) is 4.89. The number of nitrogens with one attached hydrogen (secondary N) is 2. The summed E-state index contributed by atoms with van der Waals surface area (Å²) in [6.07, 6.45) is 2.48. The van der Waals surface area contributed by atoms with Gasteiger partial charge in [-0.15, -0.1) is 0 Å². The number of amides is 2. The molecule has 1 saturated heterocycles. The quantitative estimate of drug-likeness (QED) is 0.870. The molecule has 4 rings (SSSR count). The Bertz CT molecular complexity index is 807. The van der Waals surface area contributed by atoms with Crippen LogP contribution in [-0.4, -0.2) is 47.6 Å². The number of aryl methyl sites for hydroxylation is 1. The number of ether oxygens (including phenoxy) is 1. The fourth-order valence-electron chi connectivity index (χ4n) is 3.80. The van der Waals surface area contributed by atoms with Crippen molar-refractivity contribution in [2.24, 2.45) is 0 Å². The number of carbonyl (C=O) groups excluding carboxylic acids is 1. The monoisotopic (exact) mass is 357 g/mol. The molecule has 138 valence electrons. The fourth-order valence-corrected chi connectivity index (χ4v) is 3.80. The zero-order chi connectivity index (χ0) is 18.1. The lowest BCUT2D eigenvalue weighted by Crippen LogP contribution is -2.44. The van der Waals surface area contributed by atoms with E-state index < -0.39 is 0 Å². The summed E-state index contributed by atoms with van der Waals surface area (Å²) < 4.78 is 11.2. The van der Waals surface area contributed by atoms with Crippen LogP contribution >= 0.6 is 0 Å². The van der Waals surface area contributed by atoms with Crippen molar-refractivity contribution in [1.82, 2.24) is 20.2 Å². The van der Waals surface area contributed by atoms with Crippen LogP contribution in [0.4, 0.5) is 10.7 Å². The lowest BCUT2D eigenvalue weighted by atomic mass is 9.80. The third-order valence-corrected chi connectivity index (χ3v) is 5.20. The van der Waals surface area contributed by atoms with E-state index in [9.17, 15) is 4.79 Å². The minimum atomic E-state index is -0.269. The molecule has 8 heteroatoms. The van der Waals surface area contributed by atoms with Crippen LogP contribution < -0.4 is 10.6 Å². The van der Waals surface area contributed by atoms with E-state index in [0.29, 0.717) is 38.8 Å². The topological polar surface area (TPSA) is 92.5 Å². The normalized spacial score (nSPS) is 21.7. The molecule has 8 nitrogen and oxygen atoms in total. The molecule has 0 aromatic carbocycles. The maximum absolute atomic E-state index is 12.0. The van der Waals surface area contributed by atoms with Gasteiger partial charge in [-0.05, 0) is 25.5 Å². The molecule has 2 aliphatic heterocycles. The number of rotatable bonds is 3. The van der Waals surface area contributed by atoms with Crippen molar-refractivity contribution in [2.45, 2.75) is 31.9 Å². The second-order valence-corrected chi connectivity index (χ2v) is 6.89. The van der Waals surface area contributed by atoms with Gasteiger partial charge in [-0.2, -0.15) is 0 Å². The van der Waals surface area contributed by atoms with Gasteiger partial charge in [0.1, 0.15) is 5.76 Å². The molecule has 1 unspecified atom stereocenters. The molecule has 0 saturated carbocycles. The summed E-state index contributed by atoms with van der Waals surface area (Å²) in [4.78, 5) is 23.3. The third-order valence-electron chi connectivity index (χ3n) is 5.20. The largest absolute Gasteiger partial charge is 0.467 e. The van der Waals surface area contributed by atoms with Crippen molar-refractivity contribution < 1.29 is 13.9 Å². The summed E-state index contributed by atoms with van der Waals surface area (Å²) >= 11 is 0. The molecule has 0 aliphatic carbocycles. The maximum atomic E-state index is 12.0. The minimum absolute atomic E-state index is 0.0593. The van der Waals surface area contributed by atoms with E-state index in [1.807, 2.05) is 24.0 Å². The lowest BCUT2D eigenvalue weighted by Gasteiger charge is -2.35. The number of urea groups is 1. The smallest absolute Gasteiger partial charge is 0.317 e. The molecule has 2 aromatic heterocycles. The van der Waals surface area contributed by atoms with Gasteiger partial charge in [-0.1, -0.05) is 0 Å². The summed E-state index contributed by atoms with van der Waals surface area (Å²) in [5.41, 5.74) is 2.69. The standard InChI is InChI=1S/C18H23N5O3/c1-12-14-9-25-11-18(5-6-23(10-18)17(24)19-2)15(14)22-16(21-12)20-8-13-4-3-7-26-13/h3-4,7H,5-6,8-11H2,1-2H3,(H,19,24)(H,20,21,22). The number of aromatic nitrogens is 2. The van der Waals surface area contributed by atoms with E-state index in [4.69, 9.17) is 14.1 Å². The second-order valence-electron chi connectivity index (χ2n) is 6.89. The van der Waals surface area contributed by atoms with E-state index in [1.54, 1.807) is 13.3 Å². The van der Waals surface area contributed by atoms with Crippen LogP contribution in [0, 0.1) is 6.92 Å². The Balaban J connectivity index is 1.63. The Labute approximate surface area is 151 Å². The van der Waals surface area contributed by atoms with E-state index in [-0.39, 0.29) is 11.4 Å². The minimum Gasteiger partial charge on any atom is -0.467 e. The molecule has 0 bridgehead atoms. The van der Waals surface area contributed by atoms with Gasteiger partial charge in [0.25, 0.3) is 0 Å². The van der Waals surface area contributed by atoms with Crippen molar-refractivity contribution in [1.29, 1.82) is 0 Å². The van der Waals surface area contributed by atoms with Crippen LogP contribution in [0.25, 0.3) is 0 Å². The first-order chi connectivity index (χ1) is 12.6. The Morgan fingerprint density at radius 2 is 2.31 bits per heavy atom.